The lowest BCUT2D eigenvalue weighted by atomic mass is 9.91. The van der Waals surface area contributed by atoms with Crippen LogP contribution in [-0.4, -0.2) is 35.1 Å². The van der Waals surface area contributed by atoms with Gasteiger partial charge in [-0.05, 0) is 72.9 Å². The zero-order valence-corrected chi connectivity index (χ0v) is 19.9. The first-order chi connectivity index (χ1) is 16.6. The van der Waals surface area contributed by atoms with Crippen LogP contribution >= 0.6 is 11.3 Å². The highest BCUT2D eigenvalue weighted by Crippen LogP contribution is 2.36. The summed E-state index contributed by atoms with van der Waals surface area (Å²) in [5, 5.41) is 12.9. The van der Waals surface area contributed by atoms with E-state index in [4.69, 9.17) is 5.73 Å². The van der Waals surface area contributed by atoms with Gasteiger partial charge in [-0.2, -0.15) is 0 Å². The van der Waals surface area contributed by atoms with Crippen LogP contribution in [0.15, 0.2) is 42.5 Å². The van der Waals surface area contributed by atoms with E-state index in [0.717, 1.165) is 53.7 Å². The molecule has 5 rings (SSSR count). The number of primary amides is 1. The van der Waals surface area contributed by atoms with Crippen LogP contribution in [0.3, 0.4) is 0 Å². The monoisotopic (exact) mass is 475 g/mol. The van der Waals surface area contributed by atoms with Gasteiger partial charge in [-0.1, -0.05) is 48.4 Å². The Kier molecular flexibility index (Phi) is 6.58. The molecular weight excluding hydrogens is 446 g/mol. The Morgan fingerprint density at radius 1 is 1.03 bits per heavy atom. The molecule has 7 nitrogen and oxygen atoms in total. The first-order valence-electron chi connectivity index (χ1n) is 12.0. The number of carbonyl (C=O) groups is 2. The van der Waals surface area contributed by atoms with E-state index >= 15 is 0 Å². The van der Waals surface area contributed by atoms with Crippen LogP contribution in [0.1, 0.15) is 64.8 Å². The molecule has 1 aliphatic heterocycles. The molecule has 3 aromatic rings. The molecule has 0 radical (unpaired) electrons. The van der Waals surface area contributed by atoms with Gasteiger partial charge in [0.15, 0.2) is 0 Å². The molecule has 1 aromatic heterocycles. The highest BCUT2D eigenvalue weighted by atomic mass is 32.1. The molecule has 0 bridgehead atoms. The number of piperidine rings is 1. The Bertz CT molecular complexity index is 1180. The van der Waals surface area contributed by atoms with Crippen LogP contribution in [0.25, 0.3) is 11.1 Å². The van der Waals surface area contributed by atoms with Crippen molar-refractivity contribution in [3.63, 3.8) is 0 Å². The Morgan fingerprint density at radius 3 is 2.50 bits per heavy atom. The predicted molar refractivity (Wildman–Crippen MR) is 135 cm³/mol. The summed E-state index contributed by atoms with van der Waals surface area (Å²) in [6, 6.07) is 13.1. The Labute approximate surface area is 203 Å². The summed E-state index contributed by atoms with van der Waals surface area (Å²) in [6.07, 6.45) is 8.01. The number of nitrogens with two attached hydrogens (primary N) is 1. The van der Waals surface area contributed by atoms with Crippen molar-refractivity contribution in [1.82, 2.24) is 10.2 Å². The number of benzene rings is 2. The second kappa shape index (κ2) is 9.93. The van der Waals surface area contributed by atoms with Gasteiger partial charge in [-0.3, -0.25) is 14.9 Å². The van der Waals surface area contributed by atoms with Crippen molar-refractivity contribution in [2.24, 2.45) is 11.7 Å². The van der Waals surface area contributed by atoms with Crippen LogP contribution < -0.4 is 16.0 Å². The summed E-state index contributed by atoms with van der Waals surface area (Å²) in [6.45, 7) is 1.98. The number of hydrogen-bond donors (Lipinski definition) is 2. The zero-order chi connectivity index (χ0) is 23.5. The molecule has 3 N–H and O–H groups in total. The van der Waals surface area contributed by atoms with E-state index in [9.17, 15) is 9.59 Å². The fourth-order valence-corrected chi connectivity index (χ4v) is 5.34. The third kappa shape index (κ3) is 5.12. The first kappa shape index (κ1) is 22.5. The summed E-state index contributed by atoms with van der Waals surface area (Å²) in [5.41, 5.74) is 9.53. The third-order valence-corrected chi connectivity index (χ3v) is 7.56. The molecule has 0 atom stereocenters. The topological polar surface area (TPSA) is 101 Å². The van der Waals surface area contributed by atoms with Crippen LogP contribution in [-0.2, 0) is 6.42 Å². The molecule has 2 fully saturated rings. The largest absolute Gasteiger partial charge is 0.366 e. The molecule has 1 aliphatic carbocycles. The molecule has 1 saturated carbocycles. The standard InChI is InChI=1S/C26H29N5O2S/c27-23(32)19-12-10-18(11-13-19)20-5-4-6-22(21(20)14-9-17-7-8-17)24(33)28-25-29-30-26(34-25)31-15-2-1-3-16-31/h4-6,10-13,17H,1-3,7-9,14-16H2,(H2,27,32)(H,28,29,33). The predicted octanol–water partition coefficient (Wildman–Crippen LogP) is 4.89. The normalized spacial score (nSPS) is 15.8. The van der Waals surface area contributed by atoms with Crippen LogP contribution in [0.4, 0.5) is 10.3 Å². The van der Waals surface area contributed by atoms with Crippen molar-refractivity contribution in [2.45, 2.75) is 44.9 Å². The van der Waals surface area contributed by atoms with E-state index < -0.39 is 5.91 Å². The lowest BCUT2D eigenvalue weighted by Crippen LogP contribution is -2.29. The summed E-state index contributed by atoms with van der Waals surface area (Å²) in [7, 11) is 0. The molecule has 176 valence electrons. The molecule has 1 saturated heterocycles. The fourth-order valence-electron chi connectivity index (χ4n) is 4.55. The molecule has 2 aliphatic rings. The maximum atomic E-state index is 13.4. The van der Waals surface area contributed by atoms with Gasteiger partial charge in [-0.15, -0.1) is 10.2 Å². The second-order valence-electron chi connectivity index (χ2n) is 9.15. The Balaban J connectivity index is 1.40. The van der Waals surface area contributed by atoms with Gasteiger partial charge in [0.25, 0.3) is 5.91 Å². The Morgan fingerprint density at radius 2 is 1.79 bits per heavy atom. The molecule has 0 spiro atoms. The minimum Gasteiger partial charge on any atom is -0.366 e. The highest BCUT2D eigenvalue weighted by Gasteiger charge is 2.24. The van der Waals surface area contributed by atoms with Crippen LogP contribution in [0, 0.1) is 5.92 Å². The molecule has 2 aromatic carbocycles. The third-order valence-electron chi connectivity index (χ3n) is 6.66. The summed E-state index contributed by atoms with van der Waals surface area (Å²) in [5.74, 6) is 0.133. The van der Waals surface area contributed by atoms with Gasteiger partial charge >= 0.3 is 0 Å². The molecule has 2 heterocycles. The summed E-state index contributed by atoms with van der Waals surface area (Å²) < 4.78 is 0. The van der Waals surface area contributed by atoms with Gasteiger partial charge in [-0.25, -0.2) is 0 Å². The van der Waals surface area contributed by atoms with Crippen molar-refractivity contribution >= 4 is 33.4 Å². The Hall–Kier alpha value is -3.26. The van der Waals surface area contributed by atoms with Crippen molar-refractivity contribution in [3.8, 4) is 11.1 Å². The van der Waals surface area contributed by atoms with Crippen LogP contribution in [0.5, 0.6) is 0 Å². The number of hydrogen-bond acceptors (Lipinski definition) is 6. The molecule has 8 heteroatoms. The molecular formula is C26H29N5O2S. The number of nitrogens with zero attached hydrogens (tertiary/aromatic N) is 3. The van der Waals surface area contributed by atoms with Gasteiger partial charge in [0, 0.05) is 24.2 Å². The lowest BCUT2D eigenvalue weighted by Gasteiger charge is -2.25. The SMILES string of the molecule is NC(=O)c1ccc(-c2cccc(C(=O)Nc3nnc(N4CCCCC4)s3)c2CCC2CC2)cc1. The smallest absolute Gasteiger partial charge is 0.257 e. The highest BCUT2D eigenvalue weighted by molar-refractivity contribution is 7.19. The quantitative estimate of drug-likeness (QED) is 0.483. The summed E-state index contributed by atoms with van der Waals surface area (Å²) >= 11 is 1.43. The van der Waals surface area contributed by atoms with Crippen molar-refractivity contribution in [3.05, 3.63) is 59.2 Å². The van der Waals surface area contributed by atoms with Crippen molar-refractivity contribution < 1.29 is 9.59 Å². The minimum atomic E-state index is -0.449. The number of amides is 2. The van der Waals surface area contributed by atoms with Crippen molar-refractivity contribution in [1.29, 1.82) is 0 Å². The van der Waals surface area contributed by atoms with E-state index in [2.05, 4.69) is 20.4 Å². The average Bonchev–Trinajstić information content (AvgIpc) is 3.59. The van der Waals surface area contributed by atoms with E-state index in [1.165, 1.54) is 43.4 Å². The maximum absolute atomic E-state index is 13.4. The summed E-state index contributed by atoms with van der Waals surface area (Å²) in [4.78, 5) is 27.1. The van der Waals surface area contributed by atoms with E-state index in [-0.39, 0.29) is 5.91 Å². The number of nitrogens with one attached hydrogen (secondary N) is 1. The van der Waals surface area contributed by atoms with E-state index in [0.29, 0.717) is 16.3 Å². The van der Waals surface area contributed by atoms with Gasteiger partial charge < -0.3 is 10.6 Å². The first-order valence-corrected chi connectivity index (χ1v) is 12.8. The minimum absolute atomic E-state index is 0.164. The second-order valence-corrected chi connectivity index (χ2v) is 10.1. The fraction of sp³-hybridized carbons (Fsp3) is 0.385. The maximum Gasteiger partial charge on any atom is 0.257 e. The molecule has 0 unspecified atom stereocenters. The van der Waals surface area contributed by atoms with Gasteiger partial charge in [0.2, 0.25) is 16.2 Å². The molecule has 2 amide bonds. The van der Waals surface area contributed by atoms with E-state index in [1.54, 1.807) is 12.1 Å². The number of anilines is 2. The number of aromatic nitrogens is 2. The zero-order valence-electron chi connectivity index (χ0n) is 19.1. The van der Waals surface area contributed by atoms with Crippen molar-refractivity contribution in [2.75, 3.05) is 23.3 Å². The molecule has 34 heavy (non-hydrogen) atoms. The lowest BCUT2D eigenvalue weighted by molar-refractivity contribution is 0.0997. The number of carbonyl (C=O) groups excluding carboxylic acids is 2. The van der Waals surface area contributed by atoms with Gasteiger partial charge in [0.05, 0.1) is 0 Å². The van der Waals surface area contributed by atoms with Crippen LogP contribution in [0.2, 0.25) is 0 Å². The van der Waals surface area contributed by atoms with E-state index in [1.807, 2.05) is 30.3 Å². The average molecular weight is 476 g/mol. The number of rotatable bonds is 8. The van der Waals surface area contributed by atoms with Gasteiger partial charge in [0.1, 0.15) is 0 Å².